The molecule has 0 aliphatic heterocycles. The number of sulfonamides is 1. The minimum atomic E-state index is -3.46. The fourth-order valence-corrected chi connectivity index (χ4v) is 3.10. The van der Waals surface area contributed by atoms with E-state index < -0.39 is 10.0 Å². The molecule has 0 spiro atoms. The van der Waals surface area contributed by atoms with Crippen molar-refractivity contribution in [2.24, 2.45) is 0 Å². The molecule has 0 saturated heterocycles. The van der Waals surface area contributed by atoms with Gasteiger partial charge in [-0.3, -0.25) is 0 Å². The maximum absolute atomic E-state index is 12.0. The Morgan fingerprint density at radius 1 is 1.22 bits per heavy atom. The lowest BCUT2D eigenvalue weighted by molar-refractivity contribution is 0.414. The Morgan fingerprint density at radius 3 is 2.50 bits per heavy atom. The SMILES string of the molecule is COc1ccc(S(=O)(=O)NCc2ccsc2)cc1. The molecule has 0 aliphatic rings. The van der Waals surface area contributed by atoms with Crippen LogP contribution in [0.5, 0.6) is 5.75 Å². The van der Waals surface area contributed by atoms with Gasteiger partial charge in [-0.1, -0.05) is 0 Å². The number of rotatable bonds is 5. The van der Waals surface area contributed by atoms with Crippen LogP contribution in [0, 0.1) is 0 Å². The highest BCUT2D eigenvalue weighted by molar-refractivity contribution is 7.89. The van der Waals surface area contributed by atoms with E-state index in [1.54, 1.807) is 19.2 Å². The van der Waals surface area contributed by atoms with Crippen LogP contribution in [0.25, 0.3) is 0 Å². The lowest BCUT2D eigenvalue weighted by Crippen LogP contribution is -2.22. The predicted octanol–water partition coefficient (Wildman–Crippen LogP) is 2.24. The summed E-state index contributed by atoms with van der Waals surface area (Å²) in [6, 6.07) is 8.18. The third-order valence-electron chi connectivity index (χ3n) is 2.42. The summed E-state index contributed by atoms with van der Waals surface area (Å²) in [6.45, 7) is 0.303. The normalized spacial score (nSPS) is 11.4. The lowest BCUT2D eigenvalue weighted by atomic mass is 10.3. The van der Waals surface area contributed by atoms with Gasteiger partial charge in [-0.05, 0) is 46.7 Å². The van der Waals surface area contributed by atoms with E-state index in [0.29, 0.717) is 12.3 Å². The van der Waals surface area contributed by atoms with Crippen LogP contribution < -0.4 is 9.46 Å². The third kappa shape index (κ3) is 3.10. The molecule has 1 heterocycles. The fraction of sp³-hybridized carbons (Fsp3) is 0.167. The highest BCUT2D eigenvalue weighted by Gasteiger charge is 2.13. The van der Waals surface area contributed by atoms with Crippen molar-refractivity contribution >= 4 is 21.4 Å². The van der Waals surface area contributed by atoms with E-state index in [0.717, 1.165) is 5.56 Å². The number of benzene rings is 1. The van der Waals surface area contributed by atoms with Crippen LogP contribution in [0.15, 0.2) is 46.0 Å². The van der Waals surface area contributed by atoms with Crippen LogP contribution in [-0.4, -0.2) is 15.5 Å². The van der Waals surface area contributed by atoms with Crippen molar-refractivity contribution in [1.29, 1.82) is 0 Å². The molecule has 96 valence electrons. The minimum absolute atomic E-state index is 0.235. The molecule has 0 saturated carbocycles. The molecule has 1 aromatic heterocycles. The van der Waals surface area contributed by atoms with Crippen molar-refractivity contribution < 1.29 is 13.2 Å². The molecule has 18 heavy (non-hydrogen) atoms. The Hall–Kier alpha value is -1.37. The number of methoxy groups -OCH3 is 1. The zero-order valence-electron chi connectivity index (χ0n) is 9.79. The first-order valence-corrected chi connectivity index (χ1v) is 7.69. The van der Waals surface area contributed by atoms with Gasteiger partial charge in [-0.2, -0.15) is 11.3 Å². The number of hydrogen-bond acceptors (Lipinski definition) is 4. The van der Waals surface area contributed by atoms with Gasteiger partial charge in [-0.15, -0.1) is 0 Å². The van der Waals surface area contributed by atoms with Gasteiger partial charge in [0.25, 0.3) is 0 Å². The number of nitrogens with one attached hydrogen (secondary N) is 1. The molecule has 0 unspecified atom stereocenters. The molecule has 1 N–H and O–H groups in total. The van der Waals surface area contributed by atoms with Gasteiger partial charge in [0.1, 0.15) is 5.75 Å². The summed E-state index contributed by atoms with van der Waals surface area (Å²) in [5.74, 6) is 0.631. The van der Waals surface area contributed by atoms with E-state index in [-0.39, 0.29) is 4.90 Å². The van der Waals surface area contributed by atoms with Gasteiger partial charge in [0, 0.05) is 6.54 Å². The van der Waals surface area contributed by atoms with Gasteiger partial charge in [-0.25, -0.2) is 13.1 Å². The van der Waals surface area contributed by atoms with Gasteiger partial charge in [0.15, 0.2) is 0 Å². The molecule has 0 bridgehead atoms. The average Bonchev–Trinajstić information content (AvgIpc) is 2.90. The van der Waals surface area contributed by atoms with Crippen molar-refractivity contribution in [1.82, 2.24) is 4.72 Å². The van der Waals surface area contributed by atoms with Crippen molar-refractivity contribution in [2.45, 2.75) is 11.4 Å². The van der Waals surface area contributed by atoms with Crippen molar-refractivity contribution in [3.05, 3.63) is 46.7 Å². The summed E-state index contributed by atoms with van der Waals surface area (Å²) in [7, 11) is -1.92. The predicted molar refractivity (Wildman–Crippen MR) is 71.3 cm³/mol. The van der Waals surface area contributed by atoms with Crippen LogP contribution in [0.3, 0.4) is 0 Å². The Morgan fingerprint density at radius 2 is 1.94 bits per heavy atom. The average molecular weight is 283 g/mol. The molecule has 6 heteroatoms. The third-order valence-corrected chi connectivity index (χ3v) is 4.57. The zero-order chi connectivity index (χ0) is 13.0. The minimum Gasteiger partial charge on any atom is -0.497 e. The molecule has 0 radical (unpaired) electrons. The largest absolute Gasteiger partial charge is 0.497 e. The molecule has 2 aromatic rings. The van der Waals surface area contributed by atoms with Crippen LogP contribution >= 0.6 is 11.3 Å². The second-order valence-corrected chi connectivity index (χ2v) is 6.18. The van der Waals surface area contributed by atoms with E-state index >= 15 is 0 Å². The van der Waals surface area contributed by atoms with Gasteiger partial charge in [0.05, 0.1) is 12.0 Å². The molecule has 0 atom stereocenters. The molecule has 1 aromatic carbocycles. The number of thiophene rings is 1. The van der Waals surface area contributed by atoms with E-state index in [1.165, 1.54) is 23.5 Å². The lowest BCUT2D eigenvalue weighted by Gasteiger charge is -2.06. The first-order chi connectivity index (χ1) is 8.62. The first kappa shape index (κ1) is 13.1. The Kier molecular flexibility index (Phi) is 4.00. The highest BCUT2D eigenvalue weighted by Crippen LogP contribution is 2.16. The Balaban J connectivity index is 2.09. The fourth-order valence-electron chi connectivity index (χ4n) is 1.41. The van der Waals surface area contributed by atoms with Crippen LogP contribution in [0.2, 0.25) is 0 Å². The Labute approximate surface area is 110 Å². The van der Waals surface area contributed by atoms with E-state index in [9.17, 15) is 8.42 Å². The van der Waals surface area contributed by atoms with E-state index in [4.69, 9.17) is 4.74 Å². The molecule has 0 aliphatic carbocycles. The van der Waals surface area contributed by atoms with Crippen molar-refractivity contribution in [3.63, 3.8) is 0 Å². The highest BCUT2D eigenvalue weighted by atomic mass is 32.2. The molecular weight excluding hydrogens is 270 g/mol. The second-order valence-electron chi connectivity index (χ2n) is 3.63. The quantitative estimate of drug-likeness (QED) is 0.915. The molecule has 0 amide bonds. The Bertz CT molecular complexity index is 589. The number of ether oxygens (including phenoxy) is 1. The number of hydrogen-bond donors (Lipinski definition) is 1. The van der Waals surface area contributed by atoms with E-state index in [1.807, 2.05) is 16.8 Å². The summed E-state index contributed by atoms with van der Waals surface area (Å²) in [4.78, 5) is 0.235. The van der Waals surface area contributed by atoms with Crippen LogP contribution in [-0.2, 0) is 16.6 Å². The molecule has 4 nitrogen and oxygen atoms in total. The van der Waals surface area contributed by atoms with Gasteiger partial charge >= 0.3 is 0 Å². The van der Waals surface area contributed by atoms with Crippen LogP contribution in [0.1, 0.15) is 5.56 Å². The molecule has 0 fully saturated rings. The molecular formula is C12H13NO3S2. The van der Waals surface area contributed by atoms with Gasteiger partial charge < -0.3 is 4.74 Å². The van der Waals surface area contributed by atoms with Crippen molar-refractivity contribution in [2.75, 3.05) is 7.11 Å². The monoisotopic (exact) mass is 283 g/mol. The van der Waals surface area contributed by atoms with Crippen molar-refractivity contribution in [3.8, 4) is 5.75 Å². The topological polar surface area (TPSA) is 55.4 Å². The molecule has 2 rings (SSSR count). The standard InChI is InChI=1S/C12H13NO3S2/c1-16-11-2-4-12(5-3-11)18(14,15)13-8-10-6-7-17-9-10/h2-7,9,13H,8H2,1H3. The summed E-state index contributed by atoms with van der Waals surface area (Å²) < 4.78 is 31.5. The summed E-state index contributed by atoms with van der Waals surface area (Å²) >= 11 is 1.54. The smallest absolute Gasteiger partial charge is 0.240 e. The van der Waals surface area contributed by atoms with Gasteiger partial charge in [0.2, 0.25) is 10.0 Å². The summed E-state index contributed by atoms with van der Waals surface area (Å²) in [5, 5.41) is 3.83. The first-order valence-electron chi connectivity index (χ1n) is 5.26. The maximum Gasteiger partial charge on any atom is 0.240 e. The van der Waals surface area contributed by atoms with Crippen LogP contribution in [0.4, 0.5) is 0 Å². The maximum atomic E-state index is 12.0. The zero-order valence-corrected chi connectivity index (χ0v) is 11.4. The summed E-state index contributed by atoms with van der Waals surface area (Å²) in [6.07, 6.45) is 0. The van der Waals surface area contributed by atoms with E-state index in [2.05, 4.69) is 4.72 Å². The second kappa shape index (κ2) is 5.51. The summed E-state index contributed by atoms with van der Waals surface area (Å²) in [5.41, 5.74) is 0.956.